The summed E-state index contributed by atoms with van der Waals surface area (Å²) in [6.45, 7) is -0.263. The van der Waals surface area contributed by atoms with Crippen molar-refractivity contribution in [2.24, 2.45) is 5.92 Å². The molecular weight excluding hydrogens is 558 g/mol. The molecule has 196 valence electrons. The molecule has 1 fully saturated rings. The molecule has 0 radical (unpaired) electrons. The number of rotatable bonds is 5. The molecule has 3 heterocycles. The van der Waals surface area contributed by atoms with E-state index in [2.05, 4.69) is 5.32 Å². The zero-order chi connectivity index (χ0) is 27.3. The van der Waals surface area contributed by atoms with Gasteiger partial charge >= 0.3 is 4.87 Å². The van der Waals surface area contributed by atoms with Gasteiger partial charge in [-0.1, -0.05) is 65.0 Å². The second-order valence-electron chi connectivity index (χ2n) is 9.16. The number of hydrogen-bond acceptors (Lipinski definition) is 7. The molecule has 1 saturated heterocycles. The van der Waals surface area contributed by atoms with Gasteiger partial charge in [0, 0.05) is 21.5 Å². The monoisotopic (exact) mass is 577 g/mol. The van der Waals surface area contributed by atoms with Gasteiger partial charge in [-0.2, -0.15) is 0 Å². The fourth-order valence-electron chi connectivity index (χ4n) is 5.01. The zero-order valence-electron chi connectivity index (χ0n) is 20.1. The number of anilines is 2. The molecular formula is C28H20ClN3O5S2. The van der Waals surface area contributed by atoms with E-state index in [0.717, 1.165) is 28.7 Å². The van der Waals surface area contributed by atoms with Crippen molar-refractivity contribution in [1.29, 1.82) is 0 Å². The summed E-state index contributed by atoms with van der Waals surface area (Å²) < 4.78 is 1.37. The summed E-state index contributed by atoms with van der Waals surface area (Å²) in [5, 5.41) is 12.4. The first-order valence-electron chi connectivity index (χ1n) is 12.0. The van der Waals surface area contributed by atoms with E-state index in [4.69, 9.17) is 11.6 Å². The first-order chi connectivity index (χ1) is 18.8. The molecule has 0 bridgehead atoms. The lowest BCUT2D eigenvalue weighted by Crippen LogP contribution is -2.33. The molecule has 0 aliphatic carbocycles. The smallest absolute Gasteiger partial charge is 0.308 e. The Bertz CT molecular complexity index is 1650. The third-order valence-electron chi connectivity index (χ3n) is 6.75. The van der Waals surface area contributed by atoms with Crippen LogP contribution in [0.5, 0.6) is 5.75 Å². The molecule has 2 N–H and O–H groups in total. The minimum Gasteiger partial charge on any atom is -0.508 e. The van der Waals surface area contributed by atoms with E-state index in [1.807, 2.05) is 30.3 Å². The highest BCUT2D eigenvalue weighted by molar-refractivity contribution is 8.00. The van der Waals surface area contributed by atoms with E-state index >= 15 is 0 Å². The number of amides is 3. The van der Waals surface area contributed by atoms with Crippen molar-refractivity contribution < 1.29 is 19.5 Å². The van der Waals surface area contributed by atoms with Crippen LogP contribution in [0.3, 0.4) is 0 Å². The Morgan fingerprint density at radius 1 is 0.923 bits per heavy atom. The van der Waals surface area contributed by atoms with Crippen molar-refractivity contribution in [3.63, 3.8) is 0 Å². The van der Waals surface area contributed by atoms with Gasteiger partial charge < -0.3 is 10.4 Å². The Labute approximate surface area is 235 Å². The highest BCUT2D eigenvalue weighted by atomic mass is 35.5. The number of benzene rings is 3. The van der Waals surface area contributed by atoms with Crippen molar-refractivity contribution >= 4 is 63.8 Å². The van der Waals surface area contributed by atoms with E-state index in [-0.39, 0.29) is 29.0 Å². The molecule has 4 aromatic rings. The maximum atomic E-state index is 13.8. The second kappa shape index (κ2) is 10.0. The number of nitrogens with one attached hydrogen (secondary N) is 1. The van der Waals surface area contributed by atoms with Crippen LogP contribution in [-0.4, -0.2) is 32.6 Å². The molecule has 6 rings (SSSR count). The van der Waals surface area contributed by atoms with E-state index in [0.29, 0.717) is 26.3 Å². The van der Waals surface area contributed by atoms with E-state index in [1.165, 1.54) is 21.6 Å². The summed E-state index contributed by atoms with van der Waals surface area (Å²) in [6.07, 6.45) is 0. The predicted octanol–water partition coefficient (Wildman–Crippen LogP) is 4.70. The fraction of sp³-hybridized carbons (Fsp3) is 0.143. The van der Waals surface area contributed by atoms with Crippen molar-refractivity contribution in [2.75, 3.05) is 10.2 Å². The number of imide groups is 1. The van der Waals surface area contributed by atoms with Crippen molar-refractivity contribution in [2.45, 2.75) is 22.7 Å². The number of nitrogens with zero attached hydrogens (tertiary/aromatic N) is 2. The maximum Gasteiger partial charge on any atom is 0.308 e. The molecule has 3 atom stereocenters. The summed E-state index contributed by atoms with van der Waals surface area (Å²) in [6, 6.07) is 21.9. The number of thiazole rings is 1. The average Bonchev–Trinajstić information content (AvgIpc) is 3.37. The molecule has 3 amide bonds. The molecule has 8 nitrogen and oxygen atoms in total. The molecule has 39 heavy (non-hydrogen) atoms. The number of phenols is 1. The maximum absolute atomic E-state index is 13.8. The van der Waals surface area contributed by atoms with Crippen molar-refractivity contribution in [1.82, 2.24) is 4.57 Å². The summed E-state index contributed by atoms with van der Waals surface area (Å²) in [5.41, 5.74) is 1.72. The van der Waals surface area contributed by atoms with E-state index in [1.54, 1.807) is 36.4 Å². The van der Waals surface area contributed by atoms with Crippen molar-refractivity contribution in [3.05, 3.63) is 104 Å². The summed E-state index contributed by atoms with van der Waals surface area (Å²) >= 11 is 8.18. The Balaban J connectivity index is 1.39. The summed E-state index contributed by atoms with van der Waals surface area (Å²) in [5.74, 6) is -2.32. The number of halogens is 1. The third-order valence-corrected chi connectivity index (χ3v) is 9.60. The fourth-order valence-corrected chi connectivity index (χ4v) is 7.91. The number of aromatic hydroxyl groups is 1. The van der Waals surface area contributed by atoms with Crippen LogP contribution < -0.4 is 15.1 Å². The van der Waals surface area contributed by atoms with Gasteiger partial charge in [-0.05, 0) is 54.1 Å². The zero-order valence-corrected chi connectivity index (χ0v) is 22.5. The van der Waals surface area contributed by atoms with E-state index in [9.17, 15) is 24.3 Å². The first kappa shape index (κ1) is 25.4. The van der Waals surface area contributed by atoms with Crippen LogP contribution >= 0.6 is 34.7 Å². The van der Waals surface area contributed by atoms with Gasteiger partial charge in [0.15, 0.2) is 0 Å². The topological polar surface area (TPSA) is 109 Å². The largest absolute Gasteiger partial charge is 0.508 e. The van der Waals surface area contributed by atoms with Gasteiger partial charge in [0.2, 0.25) is 17.7 Å². The molecule has 2 aliphatic rings. The van der Waals surface area contributed by atoms with Gasteiger partial charge in [-0.3, -0.25) is 23.7 Å². The number of carbonyl (C=O) groups excluding carboxylic acids is 3. The van der Waals surface area contributed by atoms with Crippen LogP contribution in [0.15, 0.2) is 88.7 Å². The molecule has 1 aromatic heterocycles. The minimum atomic E-state index is -0.772. The number of fused-ring (bicyclic) bond motifs is 2. The minimum absolute atomic E-state index is 0.0671. The van der Waals surface area contributed by atoms with Crippen molar-refractivity contribution in [3.8, 4) is 5.75 Å². The van der Waals surface area contributed by atoms with Crippen LogP contribution in [0.25, 0.3) is 0 Å². The van der Waals surface area contributed by atoms with Crippen LogP contribution in [0, 0.1) is 5.92 Å². The van der Waals surface area contributed by atoms with Crippen LogP contribution in [-0.2, 0) is 20.9 Å². The normalized spacial score (nSPS) is 20.0. The Kier molecular flexibility index (Phi) is 6.54. The molecule has 0 spiro atoms. The molecule has 0 saturated carbocycles. The lowest BCUT2D eigenvalue weighted by atomic mass is 9.83. The predicted molar refractivity (Wildman–Crippen MR) is 151 cm³/mol. The van der Waals surface area contributed by atoms with Gasteiger partial charge in [-0.15, -0.1) is 0 Å². The van der Waals surface area contributed by atoms with Gasteiger partial charge in [-0.25, -0.2) is 4.90 Å². The molecule has 2 aliphatic heterocycles. The second-order valence-corrected chi connectivity index (χ2v) is 11.7. The molecule has 3 aromatic carbocycles. The van der Waals surface area contributed by atoms with Gasteiger partial charge in [0.05, 0.1) is 16.6 Å². The average molecular weight is 578 g/mol. The van der Waals surface area contributed by atoms with Gasteiger partial charge in [0.1, 0.15) is 17.5 Å². The summed E-state index contributed by atoms with van der Waals surface area (Å²) in [7, 11) is 0. The first-order valence-corrected chi connectivity index (χ1v) is 14.1. The lowest BCUT2D eigenvalue weighted by molar-refractivity contribution is -0.122. The summed E-state index contributed by atoms with van der Waals surface area (Å²) in [4.78, 5) is 55.1. The molecule has 0 unspecified atom stereocenters. The molecule has 11 heteroatoms. The number of phenolic OH excluding ortho intramolecular Hbond substituents is 1. The van der Waals surface area contributed by atoms with Gasteiger partial charge in [0.25, 0.3) is 0 Å². The highest BCUT2D eigenvalue weighted by Crippen LogP contribution is 2.53. The Hall–Kier alpha value is -3.86. The van der Waals surface area contributed by atoms with E-state index < -0.39 is 23.0 Å². The SMILES string of the molecule is O=C(Cn1c2c(sc1=O)[C@@H](c1ccccc1)[C@@H]1C(=O)N(c3ccc(Cl)cc3)C(=O)[C@@H]1S2)Nc1ccc(O)cc1. The Morgan fingerprint density at radius 2 is 1.62 bits per heavy atom. The number of thioether (sulfide) groups is 1. The Morgan fingerprint density at radius 3 is 2.31 bits per heavy atom. The quantitative estimate of drug-likeness (QED) is 0.263. The van der Waals surface area contributed by atoms with Crippen LogP contribution in [0.4, 0.5) is 11.4 Å². The highest BCUT2D eigenvalue weighted by Gasteiger charge is 2.56. The third kappa shape index (κ3) is 4.54. The van der Waals surface area contributed by atoms with Crippen LogP contribution in [0.2, 0.25) is 5.02 Å². The lowest BCUT2D eigenvalue weighted by Gasteiger charge is -2.30. The number of aromatic nitrogens is 1. The number of carbonyl (C=O) groups is 3. The number of hydrogen-bond donors (Lipinski definition) is 2. The standard InChI is InChI=1S/C28H20ClN3O5S2/c29-16-6-10-18(11-7-16)32-25(35)22-21(15-4-2-1-3-5-15)24-27(38-23(22)26(32)36)31(28(37)39-24)14-20(34)30-17-8-12-19(33)13-9-17/h1-13,21-23,33H,14H2,(H,30,34)/t21-,22-,23+/m0/s1. The van der Waals surface area contributed by atoms with Crippen LogP contribution in [0.1, 0.15) is 16.4 Å².